The van der Waals surface area contributed by atoms with Gasteiger partial charge in [-0.15, -0.1) is 0 Å². The highest BCUT2D eigenvalue weighted by Crippen LogP contribution is 2.21. The molecular formula is C12H15NO3. The monoisotopic (exact) mass is 221 g/mol. The Kier molecular flexibility index (Phi) is 3.10. The third kappa shape index (κ3) is 2.33. The predicted octanol–water partition coefficient (Wildman–Crippen LogP) is 1.18. The van der Waals surface area contributed by atoms with Gasteiger partial charge in [-0.3, -0.25) is 0 Å². The van der Waals surface area contributed by atoms with E-state index in [1.807, 2.05) is 18.2 Å². The molecule has 1 heterocycles. The Bertz CT molecular complexity index is 403. The lowest BCUT2D eigenvalue weighted by Gasteiger charge is -2.18. The lowest BCUT2D eigenvalue weighted by Crippen LogP contribution is -2.25. The SMILES string of the molecule is CC(Oc1ccc2c(c1)CNCC2)C(=O)O. The van der Waals surface area contributed by atoms with Crippen LogP contribution in [-0.4, -0.2) is 23.7 Å². The molecular weight excluding hydrogens is 206 g/mol. The highest BCUT2D eigenvalue weighted by atomic mass is 16.5. The van der Waals surface area contributed by atoms with Gasteiger partial charge in [0.25, 0.3) is 0 Å². The van der Waals surface area contributed by atoms with Crippen LogP contribution in [0.3, 0.4) is 0 Å². The molecule has 1 aromatic rings. The molecule has 0 aromatic heterocycles. The normalized spacial score (nSPS) is 16.3. The summed E-state index contributed by atoms with van der Waals surface area (Å²) in [5.41, 5.74) is 2.51. The number of ether oxygens (including phenoxy) is 1. The van der Waals surface area contributed by atoms with E-state index >= 15 is 0 Å². The van der Waals surface area contributed by atoms with Crippen molar-refractivity contribution in [3.8, 4) is 5.75 Å². The number of aliphatic carboxylic acids is 1. The maximum Gasteiger partial charge on any atom is 0.344 e. The van der Waals surface area contributed by atoms with Crippen LogP contribution < -0.4 is 10.1 Å². The highest BCUT2D eigenvalue weighted by molar-refractivity contribution is 5.72. The van der Waals surface area contributed by atoms with Crippen molar-refractivity contribution in [1.82, 2.24) is 5.32 Å². The van der Waals surface area contributed by atoms with Gasteiger partial charge in [-0.2, -0.15) is 0 Å². The van der Waals surface area contributed by atoms with Gasteiger partial charge in [0, 0.05) is 6.54 Å². The summed E-state index contributed by atoms with van der Waals surface area (Å²) in [6.07, 6.45) is 0.207. The summed E-state index contributed by atoms with van der Waals surface area (Å²) >= 11 is 0. The maximum absolute atomic E-state index is 10.7. The minimum absolute atomic E-state index is 0.623. The zero-order valence-corrected chi connectivity index (χ0v) is 9.19. The van der Waals surface area contributed by atoms with Crippen molar-refractivity contribution in [2.24, 2.45) is 0 Å². The zero-order chi connectivity index (χ0) is 11.5. The van der Waals surface area contributed by atoms with E-state index in [2.05, 4.69) is 5.32 Å². The number of fused-ring (bicyclic) bond motifs is 1. The molecule has 0 bridgehead atoms. The second-order valence-corrected chi connectivity index (χ2v) is 3.96. The molecule has 0 saturated heterocycles. The smallest absolute Gasteiger partial charge is 0.344 e. The first-order valence-electron chi connectivity index (χ1n) is 5.39. The van der Waals surface area contributed by atoms with E-state index in [0.717, 1.165) is 19.5 Å². The fourth-order valence-electron chi connectivity index (χ4n) is 1.78. The van der Waals surface area contributed by atoms with Crippen LogP contribution in [-0.2, 0) is 17.8 Å². The minimum atomic E-state index is -0.948. The van der Waals surface area contributed by atoms with Gasteiger partial charge in [0.1, 0.15) is 5.75 Å². The van der Waals surface area contributed by atoms with Crippen LogP contribution in [0.1, 0.15) is 18.1 Å². The zero-order valence-electron chi connectivity index (χ0n) is 9.19. The van der Waals surface area contributed by atoms with Gasteiger partial charge >= 0.3 is 5.97 Å². The lowest BCUT2D eigenvalue weighted by molar-refractivity contribution is -0.144. The molecule has 1 unspecified atom stereocenters. The third-order valence-electron chi connectivity index (χ3n) is 2.72. The van der Waals surface area contributed by atoms with Crippen LogP contribution in [0.2, 0.25) is 0 Å². The average Bonchev–Trinajstić information content (AvgIpc) is 2.28. The van der Waals surface area contributed by atoms with Gasteiger partial charge in [0.05, 0.1) is 0 Å². The average molecular weight is 221 g/mol. The summed E-state index contributed by atoms with van der Waals surface area (Å²) in [5, 5.41) is 12.0. The first-order valence-corrected chi connectivity index (χ1v) is 5.39. The quantitative estimate of drug-likeness (QED) is 0.804. The van der Waals surface area contributed by atoms with Gasteiger partial charge in [-0.1, -0.05) is 6.07 Å². The Morgan fingerprint density at radius 1 is 1.50 bits per heavy atom. The number of carbonyl (C=O) groups is 1. The van der Waals surface area contributed by atoms with Crippen molar-refractivity contribution in [1.29, 1.82) is 0 Å². The molecule has 4 nitrogen and oxygen atoms in total. The summed E-state index contributed by atoms with van der Waals surface area (Å²) in [4.78, 5) is 10.7. The van der Waals surface area contributed by atoms with Gasteiger partial charge in [-0.25, -0.2) is 4.79 Å². The number of hydrogen-bond acceptors (Lipinski definition) is 3. The molecule has 1 aliphatic heterocycles. The van der Waals surface area contributed by atoms with Gasteiger partial charge < -0.3 is 15.2 Å². The highest BCUT2D eigenvalue weighted by Gasteiger charge is 2.14. The molecule has 0 saturated carbocycles. The minimum Gasteiger partial charge on any atom is -0.479 e. The Hall–Kier alpha value is -1.55. The van der Waals surface area contributed by atoms with Crippen LogP contribution in [0, 0.1) is 0 Å². The number of carboxylic acid groups (broad SMARTS) is 1. The largest absolute Gasteiger partial charge is 0.479 e. The van der Waals surface area contributed by atoms with Gasteiger partial charge in [0.2, 0.25) is 0 Å². The number of benzene rings is 1. The Labute approximate surface area is 94.2 Å². The van der Waals surface area contributed by atoms with E-state index in [4.69, 9.17) is 9.84 Å². The molecule has 16 heavy (non-hydrogen) atoms. The molecule has 86 valence electrons. The molecule has 0 aliphatic carbocycles. The standard InChI is InChI=1S/C12H15NO3/c1-8(12(14)15)16-11-3-2-9-4-5-13-7-10(9)6-11/h2-3,6,8,13H,4-5,7H2,1H3,(H,14,15). The van der Waals surface area contributed by atoms with E-state index in [1.165, 1.54) is 18.1 Å². The second kappa shape index (κ2) is 4.53. The number of carboxylic acids is 1. The molecule has 1 aromatic carbocycles. The summed E-state index contributed by atoms with van der Waals surface area (Å²) < 4.78 is 5.31. The van der Waals surface area contributed by atoms with Crippen molar-refractivity contribution in [3.05, 3.63) is 29.3 Å². The topological polar surface area (TPSA) is 58.6 Å². The first-order chi connectivity index (χ1) is 7.66. The molecule has 2 rings (SSSR count). The number of hydrogen-bond donors (Lipinski definition) is 2. The molecule has 1 aliphatic rings. The van der Waals surface area contributed by atoms with Crippen molar-refractivity contribution < 1.29 is 14.6 Å². The molecule has 1 atom stereocenters. The summed E-state index contributed by atoms with van der Waals surface area (Å²) in [6.45, 7) is 3.35. The molecule has 0 fully saturated rings. The molecule has 0 amide bonds. The number of rotatable bonds is 3. The molecule has 2 N–H and O–H groups in total. The lowest BCUT2D eigenvalue weighted by atomic mass is 10.0. The van der Waals surface area contributed by atoms with Crippen LogP contribution in [0.15, 0.2) is 18.2 Å². The fraction of sp³-hybridized carbons (Fsp3) is 0.417. The number of nitrogens with one attached hydrogen (secondary N) is 1. The Morgan fingerprint density at radius 2 is 2.31 bits per heavy atom. The van der Waals surface area contributed by atoms with E-state index in [9.17, 15) is 4.79 Å². The van der Waals surface area contributed by atoms with Crippen molar-refractivity contribution in [2.45, 2.75) is 26.0 Å². The maximum atomic E-state index is 10.7. The predicted molar refractivity (Wildman–Crippen MR) is 59.6 cm³/mol. The summed E-state index contributed by atoms with van der Waals surface area (Å²) in [6, 6.07) is 5.77. The molecule has 0 radical (unpaired) electrons. The Morgan fingerprint density at radius 3 is 3.06 bits per heavy atom. The summed E-state index contributed by atoms with van der Waals surface area (Å²) in [7, 11) is 0. The van der Waals surface area contributed by atoms with Crippen LogP contribution in [0.4, 0.5) is 0 Å². The van der Waals surface area contributed by atoms with Crippen LogP contribution in [0.5, 0.6) is 5.75 Å². The van der Waals surface area contributed by atoms with E-state index in [0.29, 0.717) is 5.75 Å². The van der Waals surface area contributed by atoms with Crippen molar-refractivity contribution in [3.63, 3.8) is 0 Å². The van der Waals surface area contributed by atoms with Crippen LogP contribution in [0.25, 0.3) is 0 Å². The second-order valence-electron chi connectivity index (χ2n) is 3.96. The summed E-state index contributed by atoms with van der Waals surface area (Å²) in [5.74, 6) is -0.326. The third-order valence-corrected chi connectivity index (χ3v) is 2.72. The van der Waals surface area contributed by atoms with E-state index in [1.54, 1.807) is 0 Å². The van der Waals surface area contributed by atoms with E-state index in [-0.39, 0.29) is 0 Å². The van der Waals surface area contributed by atoms with Crippen molar-refractivity contribution in [2.75, 3.05) is 6.54 Å². The molecule has 0 spiro atoms. The van der Waals surface area contributed by atoms with Gasteiger partial charge in [0.15, 0.2) is 6.10 Å². The molecule has 4 heteroatoms. The van der Waals surface area contributed by atoms with Crippen LogP contribution >= 0.6 is 0 Å². The van der Waals surface area contributed by atoms with E-state index < -0.39 is 12.1 Å². The first kappa shape index (κ1) is 11.0. The fourth-order valence-corrected chi connectivity index (χ4v) is 1.78. The van der Waals surface area contributed by atoms with Gasteiger partial charge in [-0.05, 0) is 43.1 Å². The Balaban J connectivity index is 2.14. The van der Waals surface area contributed by atoms with Crippen molar-refractivity contribution >= 4 is 5.97 Å².